The number of unbranched alkanes of at least 4 members (excludes halogenated alkanes) is 18. The molecule has 0 radical (unpaired) electrons. The topological polar surface area (TPSA) is 99.1 Å². The molecule has 8 heteroatoms. The lowest BCUT2D eigenvalue weighted by Crippen LogP contribution is -2.50. The molecule has 0 spiro atoms. The van der Waals surface area contributed by atoms with E-state index < -0.39 is 18.1 Å². The van der Waals surface area contributed by atoms with Crippen molar-refractivity contribution in [2.45, 2.75) is 206 Å². The molecule has 0 aromatic rings. The smallest absolute Gasteiger partial charge is 0.362 e. The molecule has 0 amide bonds. The Kier molecular flexibility index (Phi) is 39.6. The molecule has 0 aromatic heterocycles. The molecule has 0 saturated heterocycles. The predicted molar refractivity (Wildman–Crippen MR) is 247 cm³/mol. The summed E-state index contributed by atoms with van der Waals surface area (Å²) in [4.78, 5) is 37.1. The van der Waals surface area contributed by atoms with Crippen molar-refractivity contribution in [3.05, 3.63) is 60.8 Å². The number of carbonyl (C=O) groups is 3. The molecular formula is C51H90NO7+. The molecule has 0 aliphatic heterocycles. The zero-order valence-electron chi connectivity index (χ0n) is 38.7. The van der Waals surface area contributed by atoms with E-state index in [1.807, 2.05) is 21.1 Å². The molecule has 2 atom stereocenters. The number of nitrogens with zero attached hydrogens (tertiary/aromatic N) is 1. The second kappa shape index (κ2) is 41.8. The lowest BCUT2D eigenvalue weighted by Gasteiger charge is -2.31. The Morgan fingerprint density at radius 2 is 0.949 bits per heavy atom. The summed E-state index contributed by atoms with van der Waals surface area (Å²) in [6, 6.07) is -0.620. The Morgan fingerprint density at radius 3 is 1.41 bits per heavy atom. The van der Waals surface area contributed by atoms with Gasteiger partial charge in [-0.3, -0.25) is 9.59 Å². The molecule has 0 rings (SSSR count). The largest absolute Gasteiger partial charge is 0.477 e. The number of esters is 2. The summed E-state index contributed by atoms with van der Waals surface area (Å²) < 4.78 is 17.3. The highest BCUT2D eigenvalue weighted by Gasteiger charge is 2.31. The van der Waals surface area contributed by atoms with Gasteiger partial charge in [-0.1, -0.05) is 158 Å². The van der Waals surface area contributed by atoms with Crippen LogP contribution in [0.5, 0.6) is 0 Å². The number of quaternary nitrogens is 1. The van der Waals surface area contributed by atoms with Crippen LogP contribution >= 0.6 is 0 Å². The van der Waals surface area contributed by atoms with Gasteiger partial charge < -0.3 is 23.8 Å². The second-order valence-corrected chi connectivity index (χ2v) is 17.0. The summed E-state index contributed by atoms with van der Waals surface area (Å²) in [5.41, 5.74) is 0. The monoisotopic (exact) mass is 829 g/mol. The van der Waals surface area contributed by atoms with Gasteiger partial charge in [0.1, 0.15) is 6.61 Å². The zero-order chi connectivity index (χ0) is 43.5. The van der Waals surface area contributed by atoms with E-state index in [-0.39, 0.29) is 36.2 Å². The molecular weight excluding hydrogens is 739 g/mol. The van der Waals surface area contributed by atoms with E-state index in [0.29, 0.717) is 19.3 Å². The lowest BCUT2D eigenvalue weighted by molar-refractivity contribution is -0.887. The average Bonchev–Trinajstić information content (AvgIpc) is 3.19. The van der Waals surface area contributed by atoms with Crippen molar-refractivity contribution in [3.63, 3.8) is 0 Å². The Balaban J connectivity index is 4.33. The minimum atomic E-state index is -0.879. The molecule has 59 heavy (non-hydrogen) atoms. The third-order valence-corrected chi connectivity index (χ3v) is 10.4. The van der Waals surface area contributed by atoms with Gasteiger partial charge in [0.05, 0.1) is 34.4 Å². The van der Waals surface area contributed by atoms with Gasteiger partial charge in [-0.2, -0.15) is 0 Å². The van der Waals surface area contributed by atoms with Gasteiger partial charge in [-0.05, 0) is 77.0 Å². The standard InChI is InChI=1S/C51H89NO7/c1-6-8-10-12-14-16-18-20-22-24-26-27-29-31-33-35-37-39-41-49(53)58-46-47(45-57-44-43-48(51(55)56)52(3,4)5)59-50(54)42-40-38-36-34-32-30-28-25-23-21-19-17-15-13-11-9-7-2/h9,11,15-18,21-24,47-48H,6-8,10,12-14,19-20,25-46H2,1-5H3/p+1/b11-9-,17-15-,18-16-,23-21-,24-22-. The first-order valence-electron chi connectivity index (χ1n) is 23.8. The maximum atomic E-state index is 12.8. The van der Waals surface area contributed by atoms with Crippen molar-refractivity contribution in [3.8, 4) is 0 Å². The number of carbonyl (C=O) groups excluding carboxylic acids is 2. The minimum Gasteiger partial charge on any atom is -0.477 e. The van der Waals surface area contributed by atoms with Crippen molar-refractivity contribution in [2.75, 3.05) is 41.0 Å². The summed E-state index contributed by atoms with van der Waals surface area (Å²) >= 11 is 0. The molecule has 2 unspecified atom stereocenters. The van der Waals surface area contributed by atoms with E-state index in [0.717, 1.165) is 77.0 Å². The van der Waals surface area contributed by atoms with Gasteiger partial charge in [0, 0.05) is 19.3 Å². The lowest BCUT2D eigenvalue weighted by atomic mass is 10.1. The first-order valence-corrected chi connectivity index (χ1v) is 23.8. The van der Waals surface area contributed by atoms with Crippen LogP contribution in [0.4, 0.5) is 0 Å². The number of likely N-dealkylation sites (N-methyl/N-ethyl adjacent to an activating group) is 1. The molecule has 0 saturated carbocycles. The van der Waals surface area contributed by atoms with Crippen LogP contribution in [0, 0.1) is 0 Å². The fraction of sp³-hybridized carbons (Fsp3) is 0.745. The van der Waals surface area contributed by atoms with E-state index in [1.165, 1.54) is 83.5 Å². The number of allylic oxidation sites excluding steroid dienone is 10. The highest BCUT2D eigenvalue weighted by molar-refractivity contribution is 5.72. The van der Waals surface area contributed by atoms with Crippen molar-refractivity contribution in [1.82, 2.24) is 0 Å². The van der Waals surface area contributed by atoms with Crippen LogP contribution in [0.3, 0.4) is 0 Å². The van der Waals surface area contributed by atoms with E-state index in [4.69, 9.17) is 14.2 Å². The zero-order valence-corrected chi connectivity index (χ0v) is 38.7. The van der Waals surface area contributed by atoms with Gasteiger partial charge in [0.15, 0.2) is 12.1 Å². The van der Waals surface area contributed by atoms with Crippen LogP contribution in [0.25, 0.3) is 0 Å². The Hall–Kier alpha value is -2.97. The summed E-state index contributed by atoms with van der Waals surface area (Å²) in [5, 5.41) is 9.64. The molecule has 0 aliphatic rings. The molecule has 1 N–H and O–H groups in total. The van der Waals surface area contributed by atoms with Crippen LogP contribution in [-0.2, 0) is 28.6 Å². The predicted octanol–water partition coefficient (Wildman–Crippen LogP) is 13.4. The number of rotatable bonds is 42. The van der Waals surface area contributed by atoms with Crippen LogP contribution in [0.15, 0.2) is 60.8 Å². The highest BCUT2D eigenvalue weighted by atomic mass is 16.6. The van der Waals surface area contributed by atoms with Gasteiger partial charge >= 0.3 is 17.9 Å². The molecule has 0 fully saturated rings. The van der Waals surface area contributed by atoms with Crippen molar-refractivity contribution in [1.29, 1.82) is 0 Å². The van der Waals surface area contributed by atoms with Crippen molar-refractivity contribution >= 4 is 17.9 Å². The van der Waals surface area contributed by atoms with Crippen molar-refractivity contribution in [2.24, 2.45) is 0 Å². The quantitative estimate of drug-likeness (QED) is 0.0283. The van der Waals surface area contributed by atoms with Crippen LogP contribution in [0.1, 0.15) is 194 Å². The maximum absolute atomic E-state index is 12.8. The molecule has 0 aromatic carbocycles. The van der Waals surface area contributed by atoms with Crippen LogP contribution < -0.4 is 0 Å². The van der Waals surface area contributed by atoms with Gasteiger partial charge in [-0.25, -0.2) is 4.79 Å². The number of aliphatic carboxylic acids is 1. The van der Waals surface area contributed by atoms with E-state index in [1.54, 1.807) is 0 Å². The van der Waals surface area contributed by atoms with Gasteiger partial charge in [-0.15, -0.1) is 0 Å². The van der Waals surface area contributed by atoms with Gasteiger partial charge in [0.25, 0.3) is 0 Å². The van der Waals surface area contributed by atoms with E-state index in [9.17, 15) is 19.5 Å². The number of carboxylic acids is 1. The normalized spacial score (nSPS) is 13.4. The number of hydrogen-bond acceptors (Lipinski definition) is 6. The average molecular weight is 829 g/mol. The van der Waals surface area contributed by atoms with Crippen molar-refractivity contribution < 1.29 is 38.2 Å². The second-order valence-electron chi connectivity index (χ2n) is 17.0. The minimum absolute atomic E-state index is 0.0526. The Labute approximate surface area is 362 Å². The highest BCUT2D eigenvalue weighted by Crippen LogP contribution is 2.14. The first kappa shape index (κ1) is 56.0. The number of ether oxygens (including phenoxy) is 3. The Morgan fingerprint density at radius 1 is 0.525 bits per heavy atom. The molecule has 8 nitrogen and oxygen atoms in total. The van der Waals surface area contributed by atoms with E-state index in [2.05, 4.69) is 74.6 Å². The van der Waals surface area contributed by atoms with Crippen LogP contribution in [-0.4, -0.2) is 80.6 Å². The first-order chi connectivity index (χ1) is 28.6. The summed E-state index contributed by atoms with van der Waals surface area (Å²) in [6.45, 7) is 4.59. The maximum Gasteiger partial charge on any atom is 0.362 e. The number of carboxylic acid groups (broad SMARTS) is 1. The summed E-state index contributed by atoms with van der Waals surface area (Å²) in [7, 11) is 5.52. The third-order valence-electron chi connectivity index (χ3n) is 10.4. The SMILES string of the molecule is CC/C=C\C/C=C\C/C=C\CCCCCCCCCC(=O)OC(COCCC(C(=O)O)[N+](C)(C)C)COC(=O)CCCCCCCCC/C=C\C/C=C\CCCCCC. The van der Waals surface area contributed by atoms with Crippen LogP contribution in [0.2, 0.25) is 0 Å². The number of hydrogen-bond donors (Lipinski definition) is 1. The molecule has 0 bridgehead atoms. The third kappa shape index (κ3) is 40.2. The summed E-state index contributed by atoms with van der Waals surface area (Å²) in [6.07, 6.45) is 51.1. The molecule has 340 valence electrons. The van der Waals surface area contributed by atoms with E-state index >= 15 is 0 Å². The molecule has 0 aliphatic carbocycles. The Bertz CT molecular complexity index is 1150. The fourth-order valence-corrected chi connectivity index (χ4v) is 6.72. The summed E-state index contributed by atoms with van der Waals surface area (Å²) in [5.74, 6) is -1.49. The van der Waals surface area contributed by atoms with Gasteiger partial charge in [0.2, 0.25) is 0 Å². The molecule has 0 heterocycles. The fourth-order valence-electron chi connectivity index (χ4n) is 6.72.